The van der Waals surface area contributed by atoms with Crippen LogP contribution >= 0.6 is 0 Å². The van der Waals surface area contributed by atoms with Crippen molar-refractivity contribution in [1.29, 1.82) is 0 Å². The fourth-order valence-corrected chi connectivity index (χ4v) is 11.9. The van der Waals surface area contributed by atoms with Crippen molar-refractivity contribution in [2.24, 2.45) is 4.99 Å². The first kappa shape index (κ1) is 53.9. The Bertz CT molecular complexity index is 4180. The summed E-state index contributed by atoms with van der Waals surface area (Å²) in [7, 11) is -14.4. The zero-order valence-electron chi connectivity index (χ0n) is 41.5. The van der Waals surface area contributed by atoms with Gasteiger partial charge in [0.1, 0.15) is 21.1 Å². The molecule has 0 fully saturated rings. The number of carboxylic acid groups (broad SMARTS) is 3. The quantitative estimate of drug-likeness (QED) is 0.0349. The van der Waals surface area contributed by atoms with Gasteiger partial charge >= 0.3 is 17.9 Å². The number of aryl methyl sites for hydroxylation is 5. The monoisotopic (exact) mass is 1090 g/mol. The van der Waals surface area contributed by atoms with E-state index < -0.39 is 58.0 Å². The number of carbonyl (C=O) groups is 3. The number of hydrogen-bond donors (Lipinski definition) is 8. The van der Waals surface area contributed by atoms with Crippen LogP contribution in [0.2, 0.25) is 0 Å². The van der Waals surface area contributed by atoms with E-state index in [0.717, 1.165) is 23.8 Å². The molecule has 0 saturated heterocycles. The summed E-state index contributed by atoms with van der Waals surface area (Å²) in [6.45, 7) is 12.1. The Kier molecular flexibility index (Phi) is 14.2. The molecule has 0 radical (unpaired) electrons. The van der Waals surface area contributed by atoms with Crippen LogP contribution in [-0.2, 0) is 36.8 Å². The number of nitrogens with zero attached hydrogens (tertiary/aromatic N) is 1. The second-order valence-corrected chi connectivity index (χ2v) is 22.7. The average molecular weight is 1090 g/mol. The molecule has 6 aromatic rings. The minimum atomic E-state index is -5.11. The molecule has 8 rings (SSSR count). The van der Waals surface area contributed by atoms with Gasteiger partial charge in [-0.05, 0) is 148 Å². The third-order valence-electron chi connectivity index (χ3n) is 12.8. The number of anilines is 4. The maximum Gasteiger partial charge on any atom is 0.335 e. The Balaban J connectivity index is 1.32. The molecule has 19 nitrogen and oxygen atoms in total. The molecule has 1 heterocycles. The molecule has 0 atom stereocenters. The van der Waals surface area contributed by atoms with Gasteiger partial charge in [-0.15, -0.1) is 0 Å². The second kappa shape index (κ2) is 20.0. The van der Waals surface area contributed by atoms with Gasteiger partial charge in [0.15, 0.2) is 0 Å². The molecule has 0 aromatic heterocycles. The van der Waals surface area contributed by atoms with Crippen molar-refractivity contribution in [2.75, 3.05) is 15.4 Å². The van der Waals surface area contributed by atoms with Gasteiger partial charge in [-0.1, -0.05) is 36.4 Å². The van der Waals surface area contributed by atoms with Crippen LogP contribution in [0.25, 0.3) is 33.4 Å². The number of carboxylic acids is 3. The fourth-order valence-electron chi connectivity index (χ4n) is 9.31. The van der Waals surface area contributed by atoms with Crippen molar-refractivity contribution in [3.63, 3.8) is 0 Å². The van der Waals surface area contributed by atoms with Crippen molar-refractivity contribution in [1.82, 2.24) is 0 Å². The van der Waals surface area contributed by atoms with E-state index in [2.05, 4.69) is 15.4 Å². The van der Waals surface area contributed by atoms with Gasteiger partial charge in [-0.3, -0.25) is 13.8 Å². The highest BCUT2D eigenvalue weighted by Crippen LogP contribution is 2.46. The van der Waals surface area contributed by atoms with Crippen LogP contribution in [0.3, 0.4) is 0 Å². The topological polar surface area (TPSA) is 316 Å². The Morgan fingerprint density at radius 2 is 1.17 bits per heavy atom. The summed E-state index contributed by atoms with van der Waals surface area (Å²) in [4.78, 5) is 38.9. The van der Waals surface area contributed by atoms with Crippen LogP contribution in [0.1, 0.15) is 75.6 Å². The zero-order chi connectivity index (χ0) is 55.5. The lowest BCUT2D eigenvalue weighted by Gasteiger charge is -2.22. The number of nitrogens with one attached hydrogen (secondary N) is 3. The highest BCUT2D eigenvalue weighted by molar-refractivity contribution is 7.92. The van der Waals surface area contributed by atoms with Gasteiger partial charge in [-0.25, -0.2) is 27.8 Å². The number of hydrogen-bond acceptors (Lipinski definition) is 13. The van der Waals surface area contributed by atoms with E-state index in [4.69, 9.17) is 9.41 Å². The maximum atomic E-state index is 13.7. The predicted molar refractivity (Wildman–Crippen MR) is 284 cm³/mol. The summed E-state index contributed by atoms with van der Waals surface area (Å²) in [6.07, 6.45) is 0. The van der Waals surface area contributed by atoms with Crippen molar-refractivity contribution in [3.8, 4) is 22.5 Å². The molecular formula is C54H48N4O15S3. The molecule has 0 saturated carbocycles. The molecule has 0 unspecified atom stereocenters. The molecule has 1 aliphatic heterocycles. The Morgan fingerprint density at radius 3 is 1.80 bits per heavy atom. The van der Waals surface area contributed by atoms with Crippen LogP contribution < -0.4 is 20.7 Å². The van der Waals surface area contributed by atoms with Crippen molar-refractivity contribution >= 4 is 87.6 Å². The SMILES string of the molecule is Cc1cc(C)c(NS(=O)(=O)c2cccc(C(=O)O)c2)c(C)c1N=c1cc2oc3cc(Nc4c(C)cc(C)c(NCc5cc(C(=O)O)cc(C(=O)O)c5)c4C)c(S(=O)(=O)O)cc3c(-c3ccccc3S(=O)(=O)O)c-2cc1C. The highest BCUT2D eigenvalue weighted by atomic mass is 32.2. The molecule has 76 heavy (non-hydrogen) atoms. The maximum absolute atomic E-state index is 13.7. The van der Waals surface area contributed by atoms with Crippen molar-refractivity contribution in [3.05, 3.63) is 170 Å². The molecule has 392 valence electrons. The molecule has 8 N–H and O–H groups in total. The number of sulfonamides is 1. The van der Waals surface area contributed by atoms with E-state index in [1.807, 2.05) is 0 Å². The van der Waals surface area contributed by atoms with E-state index in [1.54, 1.807) is 72.7 Å². The largest absolute Gasteiger partial charge is 0.478 e. The fraction of sp³-hybridized carbons (Fsp3) is 0.148. The molecule has 2 aliphatic rings. The summed E-state index contributed by atoms with van der Waals surface area (Å²) < 4.78 is 111. The number of fused-ring (bicyclic) bond motifs is 2. The average Bonchev–Trinajstić information content (AvgIpc) is 3.35. The Labute approximate surface area is 436 Å². The smallest absolute Gasteiger partial charge is 0.335 e. The van der Waals surface area contributed by atoms with Gasteiger partial charge in [0.2, 0.25) is 0 Å². The van der Waals surface area contributed by atoms with Crippen molar-refractivity contribution < 1.29 is 68.5 Å². The van der Waals surface area contributed by atoms with Crippen LogP contribution in [0.15, 0.2) is 127 Å². The summed E-state index contributed by atoms with van der Waals surface area (Å²) >= 11 is 0. The van der Waals surface area contributed by atoms with E-state index in [1.165, 1.54) is 60.7 Å². The van der Waals surface area contributed by atoms with Gasteiger partial charge in [0.25, 0.3) is 30.3 Å². The van der Waals surface area contributed by atoms with E-state index in [-0.39, 0.29) is 72.9 Å². The lowest BCUT2D eigenvalue weighted by molar-refractivity contribution is 0.0682. The number of rotatable bonds is 15. The van der Waals surface area contributed by atoms with Gasteiger partial charge in [-0.2, -0.15) is 16.8 Å². The molecule has 0 spiro atoms. The van der Waals surface area contributed by atoms with E-state index in [9.17, 15) is 64.1 Å². The summed E-state index contributed by atoms with van der Waals surface area (Å²) in [6, 6.07) is 23.2. The molecule has 6 aromatic carbocycles. The second-order valence-electron chi connectivity index (χ2n) is 18.2. The number of aromatic carboxylic acids is 3. The molecule has 22 heteroatoms. The summed E-state index contributed by atoms with van der Waals surface area (Å²) in [5, 5.41) is 35.5. The first-order valence-electron chi connectivity index (χ1n) is 22.9. The molecule has 1 aliphatic carbocycles. The van der Waals surface area contributed by atoms with Crippen LogP contribution in [0.4, 0.5) is 28.4 Å². The summed E-state index contributed by atoms with van der Waals surface area (Å²) in [5.74, 6) is -3.85. The van der Waals surface area contributed by atoms with Gasteiger partial charge in [0.05, 0.1) is 44.0 Å². The number of benzene rings is 7. The predicted octanol–water partition coefficient (Wildman–Crippen LogP) is 10.3. The summed E-state index contributed by atoms with van der Waals surface area (Å²) in [5.41, 5.74) is 5.16. The van der Waals surface area contributed by atoms with E-state index >= 15 is 0 Å². The molecular weight excluding hydrogens is 1040 g/mol. The van der Waals surface area contributed by atoms with Crippen LogP contribution in [-0.4, -0.2) is 67.6 Å². The third-order valence-corrected chi connectivity index (χ3v) is 16.0. The lowest BCUT2D eigenvalue weighted by Crippen LogP contribution is -2.16. The van der Waals surface area contributed by atoms with E-state index in [0.29, 0.717) is 61.4 Å². The molecule has 0 amide bonds. The first-order chi connectivity index (χ1) is 35.5. The normalized spacial score (nSPS) is 12.2. The van der Waals surface area contributed by atoms with Crippen molar-refractivity contribution in [2.45, 2.75) is 69.7 Å². The Morgan fingerprint density at radius 1 is 0.566 bits per heavy atom. The van der Waals surface area contributed by atoms with Gasteiger partial charge in [0, 0.05) is 52.1 Å². The standard InChI is InChI=1S/C54H48N4O15S3/c1-26-17-39-43(23-41(26)56-50-29(4)16-30(5)51(32(50)7)58-74(65,66)37-12-10-11-34(21-37)52(59)60)73-44-24-42(46(76(70,71)72)22-40(44)47(39)38-13-8-9-14-45(38)75(67,68)69)57-49-28(3)15-27(2)48(31(49)6)55-25-33-18-35(53(61)62)20-36(19-33)54(63)64/h8-24,55,57-58H,25H2,1-7H3,(H,59,60)(H,61,62)(H,63,64)(H,67,68,69)(H,70,71,72). The highest BCUT2D eigenvalue weighted by Gasteiger charge is 2.28. The Hall–Kier alpha value is -8.41. The lowest BCUT2D eigenvalue weighted by atomic mass is 9.92. The van der Waals surface area contributed by atoms with Gasteiger partial charge < -0.3 is 30.4 Å². The minimum absolute atomic E-state index is 0.00549. The molecule has 0 bridgehead atoms. The minimum Gasteiger partial charge on any atom is -0.478 e. The first-order valence-corrected chi connectivity index (χ1v) is 27.2. The van der Waals surface area contributed by atoms with Crippen LogP contribution in [0.5, 0.6) is 0 Å². The third kappa shape index (κ3) is 10.6. The van der Waals surface area contributed by atoms with Crippen LogP contribution in [0, 0.1) is 48.5 Å². The zero-order valence-corrected chi connectivity index (χ0v) is 44.0.